The average molecular weight is 247 g/mol. The summed E-state index contributed by atoms with van der Waals surface area (Å²) >= 11 is 0. The molecule has 18 heavy (non-hydrogen) atoms. The summed E-state index contributed by atoms with van der Waals surface area (Å²) < 4.78 is 5.20. The van der Waals surface area contributed by atoms with Crippen molar-refractivity contribution in [1.82, 2.24) is 20.1 Å². The first-order valence-electron chi connectivity index (χ1n) is 6.01. The summed E-state index contributed by atoms with van der Waals surface area (Å²) in [6.45, 7) is 5.95. The summed E-state index contributed by atoms with van der Waals surface area (Å²) in [6.07, 6.45) is 2.63. The highest BCUT2D eigenvalue weighted by Gasteiger charge is 2.20. The number of rotatable bonds is 4. The van der Waals surface area contributed by atoms with Crippen LogP contribution in [-0.2, 0) is 0 Å². The van der Waals surface area contributed by atoms with Crippen LogP contribution in [0.2, 0.25) is 0 Å². The monoisotopic (exact) mass is 247 g/mol. The Labute approximate surface area is 106 Å². The molecule has 0 saturated heterocycles. The van der Waals surface area contributed by atoms with Crippen molar-refractivity contribution < 1.29 is 4.52 Å². The largest absolute Gasteiger partial charge is 0.337 e. The zero-order chi connectivity index (χ0) is 13.1. The van der Waals surface area contributed by atoms with E-state index in [0.717, 1.165) is 6.42 Å². The molecule has 2 heterocycles. The lowest BCUT2D eigenvalue weighted by Crippen LogP contribution is -2.18. The number of hydrogen-bond acceptors (Lipinski definition) is 6. The van der Waals surface area contributed by atoms with Gasteiger partial charge >= 0.3 is 0 Å². The summed E-state index contributed by atoms with van der Waals surface area (Å²) in [6, 6.07) is 1.51. The highest BCUT2D eigenvalue weighted by molar-refractivity contribution is 5.47. The lowest BCUT2D eigenvalue weighted by atomic mass is 10.0. The summed E-state index contributed by atoms with van der Waals surface area (Å²) in [5.74, 6) is 1.88. The molecule has 0 fully saturated rings. The van der Waals surface area contributed by atoms with E-state index in [1.807, 2.05) is 6.92 Å². The van der Waals surface area contributed by atoms with Gasteiger partial charge in [0, 0.05) is 6.20 Å². The second-order valence-electron chi connectivity index (χ2n) is 4.36. The number of nitrogens with zero attached hydrogens (tertiary/aromatic N) is 4. The van der Waals surface area contributed by atoms with Gasteiger partial charge in [0.15, 0.2) is 0 Å². The fourth-order valence-electron chi connectivity index (χ4n) is 1.55. The molecule has 0 aliphatic heterocycles. The van der Waals surface area contributed by atoms with Crippen LogP contribution in [0.1, 0.15) is 38.0 Å². The van der Waals surface area contributed by atoms with Crippen molar-refractivity contribution in [3.05, 3.63) is 24.0 Å². The van der Waals surface area contributed by atoms with Crippen LogP contribution in [0.25, 0.3) is 11.5 Å². The van der Waals surface area contributed by atoms with E-state index in [2.05, 4.69) is 34.0 Å². The quantitative estimate of drug-likeness (QED) is 0.887. The molecule has 96 valence electrons. The molecule has 2 aromatic rings. The fourth-order valence-corrected chi connectivity index (χ4v) is 1.55. The van der Waals surface area contributed by atoms with Crippen molar-refractivity contribution in [2.24, 2.45) is 11.7 Å². The van der Waals surface area contributed by atoms with E-state index < -0.39 is 0 Å². The average Bonchev–Trinajstić information content (AvgIpc) is 2.86. The highest BCUT2D eigenvalue weighted by Crippen LogP contribution is 2.22. The first-order valence-corrected chi connectivity index (χ1v) is 6.01. The van der Waals surface area contributed by atoms with Gasteiger partial charge in [-0.3, -0.25) is 0 Å². The zero-order valence-electron chi connectivity index (χ0n) is 10.8. The van der Waals surface area contributed by atoms with Gasteiger partial charge in [0.1, 0.15) is 11.5 Å². The van der Waals surface area contributed by atoms with Crippen molar-refractivity contribution in [1.29, 1.82) is 0 Å². The third kappa shape index (κ3) is 2.53. The summed E-state index contributed by atoms with van der Waals surface area (Å²) in [5, 5.41) is 3.91. The summed E-state index contributed by atoms with van der Waals surface area (Å²) in [7, 11) is 0. The van der Waals surface area contributed by atoms with E-state index >= 15 is 0 Å². The molecule has 0 amide bonds. The molecule has 0 bridgehead atoms. The smallest absolute Gasteiger partial charge is 0.244 e. The van der Waals surface area contributed by atoms with Gasteiger partial charge in [0.25, 0.3) is 0 Å². The van der Waals surface area contributed by atoms with Gasteiger partial charge in [-0.15, -0.1) is 0 Å². The SMILES string of the molecule is CCC(C)C(N)c1nc(-c2ccnc(C)n2)no1. The molecular formula is C12H17N5O. The molecule has 2 N–H and O–H groups in total. The maximum Gasteiger partial charge on any atom is 0.244 e. The van der Waals surface area contributed by atoms with Crippen molar-refractivity contribution in [2.75, 3.05) is 0 Å². The highest BCUT2D eigenvalue weighted by atomic mass is 16.5. The molecule has 2 atom stereocenters. The topological polar surface area (TPSA) is 90.7 Å². The molecule has 2 unspecified atom stereocenters. The van der Waals surface area contributed by atoms with Crippen molar-refractivity contribution in [3.8, 4) is 11.5 Å². The molecule has 0 aliphatic rings. The molecule has 0 aromatic carbocycles. The van der Waals surface area contributed by atoms with E-state index in [9.17, 15) is 0 Å². The first-order chi connectivity index (χ1) is 8.61. The number of hydrogen-bond donors (Lipinski definition) is 1. The lowest BCUT2D eigenvalue weighted by Gasteiger charge is -2.12. The Morgan fingerprint density at radius 2 is 2.17 bits per heavy atom. The Hall–Kier alpha value is -1.82. The van der Waals surface area contributed by atoms with Crippen LogP contribution in [0.15, 0.2) is 16.8 Å². The van der Waals surface area contributed by atoms with Crippen molar-refractivity contribution in [3.63, 3.8) is 0 Å². The predicted molar refractivity (Wildman–Crippen MR) is 66.4 cm³/mol. The van der Waals surface area contributed by atoms with Crippen LogP contribution in [-0.4, -0.2) is 20.1 Å². The molecule has 6 nitrogen and oxygen atoms in total. The maximum atomic E-state index is 6.04. The first kappa shape index (κ1) is 12.6. The lowest BCUT2D eigenvalue weighted by molar-refractivity contribution is 0.312. The minimum Gasteiger partial charge on any atom is -0.337 e. The Morgan fingerprint density at radius 3 is 2.83 bits per heavy atom. The van der Waals surface area contributed by atoms with Crippen LogP contribution in [0.3, 0.4) is 0 Å². The van der Waals surface area contributed by atoms with Crippen LogP contribution in [0, 0.1) is 12.8 Å². The normalized spacial score (nSPS) is 14.4. The van der Waals surface area contributed by atoms with E-state index in [0.29, 0.717) is 29.2 Å². The molecule has 0 radical (unpaired) electrons. The standard InChI is InChI=1S/C12H17N5O/c1-4-7(2)10(13)12-16-11(17-18-12)9-5-6-14-8(3)15-9/h5-7,10H,4,13H2,1-3H3. The zero-order valence-corrected chi connectivity index (χ0v) is 10.8. The van der Waals surface area contributed by atoms with Gasteiger partial charge in [0.2, 0.25) is 11.7 Å². The molecular weight excluding hydrogens is 230 g/mol. The van der Waals surface area contributed by atoms with Gasteiger partial charge in [0.05, 0.1) is 6.04 Å². The van der Waals surface area contributed by atoms with Crippen LogP contribution in [0.5, 0.6) is 0 Å². The Balaban J connectivity index is 2.25. The van der Waals surface area contributed by atoms with Crippen LogP contribution >= 0.6 is 0 Å². The van der Waals surface area contributed by atoms with Crippen molar-refractivity contribution in [2.45, 2.75) is 33.2 Å². The minimum absolute atomic E-state index is 0.237. The van der Waals surface area contributed by atoms with E-state index in [1.165, 1.54) is 0 Å². The van der Waals surface area contributed by atoms with Gasteiger partial charge in [-0.25, -0.2) is 9.97 Å². The predicted octanol–water partition coefficient (Wildman–Crippen LogP) is 1.88. The number of aromatic nitrogens is 4. The van der Waals surface area contributed by atoms with Crippen molar-refractivity contribution >= 4 is 0 Å². The molecule has 2 aromatic heterocycles. The maximum absolute atomic E-state index is 6.04. The molecule has 6 heteroatoms. The fraction of sp³-hybridized carbons (Fsp3) is 0.500. The van der Waals surface area contributed by atoms with E-state index in [4.69, 9.17) is 10.3 Å². The molecule has 0 aliphatic carbocycles. The summed E-state index contributed by atoms with van der Waals surface area (Å²) in [4.78, 5) is 12.6. The third-order valence-electron chi connectivity index (χ3n) is 2.99. The Bertz CT molecular complexity index is 525. The Kier molecular flexibility index (Phi) is 3.66. The second kappa shape index (κ2) is 5.22. The van der Waals surface area contributed by atoms with E-state index in [1.54, 1.807) is 12.3 Å². The van der Waals surface area contributed by atoms with E-state index in [-0.39, 0.29) is 6.04 Å². The van der Waals surface area contributed by atoms with Crippen LogP contribution in [0.4, 0.5) is 0 Å². The molecule has 0 spiro atoms. The third-order valence-corrected chi connectivity index (χ3v) is 2.99. The molecule has 2 rings (SSSR count). The molecule has 0 saturated carbocycles. The number of aryl methyl sites for hydroxylation is 1. The van der Waals surface area contributed by atoms with Gasteiger partial charge in [-0.2, -0.15) is 4.98 Å². The van der Waals surface area contributed by atoms with Crippen LogP contribution < -0.4 is 5.73 Å². The summed E-state index contributed by atoms with van der Waals surface area (Å²) in [5.41, 5.74) is 6.69. The number of nitrogens with two attached hydrogens (primary N) is 1. The van der Waals surface area contributed by atoms with Gasteiger partial charge in [-0.05, 0) is 18.9 Å². The van der Waals surface area contributed by atoms with Gasteiger partial charge in [-0.1, -0.05) is 25.4 Å². The van der Waals surface area contributed by atoms with Gasteiger partial charge < -0.3 is 10.3 Å². The Morgan fingerprint density at radius 1 is 1.39 bits per heavy atom. The minimum atomic E-state index is -0.237. The second-order valence-corrected chi connectivity index (χ2v) is 4.36.